The summed E-state index contributed by atoms with van der Waals surface area (Å²) >= 11 is 0. The lowest BCUT2D eigenvalue weighted by molar-refractivity contribution is 0.0853. The number of anilines is 3. The number of benzene rings is 2. The Labute approximate surface area is 210 Å². The van der Waals surface area contributed by atoms with E-state index in [0.29, 0.717) is 35.2 Å². The second-order valence-corrected chi connectivity index (χ2v) is 9.77. The third-order valence-electron chi connectivity index (χ3n) is 7.29. The van der Waals surface area contributed by atoms with Crippen LogP contribution in [0, 0.1) is 29.6 Å². The predicted octanol–water partition coefficient (Wildman–Crippen LogP) is 4.51. The zero-order chi connectivity index (χ0) is 25.3. The van der Waals surface area contributed by atoms with Crippen LogP contribution in [0.1, 0.15) is 53.5 Å². The van der Waals surface area contributed by atoms with Crippen molar-refractivity contribution >= 4 is 17.3 Å². The van der Waals surface area contributed by atoms with Gasteiger partial charge in [-0.25, -0.2) is 9.97 Å². The van der Waals surface area contributed by atoms with E-state index < -0.39 is 5.41 Å². The number of aryl methyl sites for hydroxylation is 1. The van der Waals surface area contributed by atoms with Crippen LogP contribution in [0.25, 0.3) is 11.3 Å². The number of fused-ring (bicyclic) bond motifs is 1. The normalized spacial score (nSPS) is 19.1. The van der Waals surface area contributed by atoms with Gasteiger partial charge in [0, 0.05) is 42.6 Å². The molecule has 2 aromatic carbocycles. The largest absolute Gasteiger partial charge is 0.395 e. The van der Waals surface area contributed by atoms with Crippen molar-refractivity contribution < 1.29 is 9.84 Å². The zero-order valence-corrected chi connectivity index (χ0v) is 20.4. The lowest BCUT2D eigenvalue weighted by Crippen LogP contribution is -2.28. The molecule has 36 heavy (non-hydrogen) atoms. The molecule has 8 heteroatoms. The van der Waals surface area contributed by atoms with Crippen LogP contribution >= 0.6 is 0 Å². The van der Waals surface area contributed by atoms with Crippen LogP contribution in [0.15, 0.2) is 36.5 Å². The summed E-state index contributed by atoms with van der Waals surface area (Å²) in [7, 11) is 0. The van der Waals surface area contributed by atoms with Crippen LogP contribution in [0.2, 0.25) is 0 Å². The maximum Gasteiger partial charge on any atom is 0.227 e. The van der Waals surface area contributed by atoms with Crippen LogP contribution in [-0.2, 0) is 10.2 Å². The standard InChI is InChI=1S/C28H28N6O2/c1-17-9-22(18-4-7-36-8-5-18)20(13-29)12-25(17)34-27-31-6-3-24(33-27)19-10-21(14-30)26-23(11-19)28(2,16-35)15-32-26/h3,6,9-12,18,32,35H,4-5,7-8,15-16H2,1-2H3,(H,31,33,34)/t28-/m1/s1. The predicted molar refractivity (Wildman–Crippen MR) is 137 cm³/mol. The molecule has 0 spiro atoms. The van der Waals surface area contributed by atoms with E-state index in [-0.39, 0.29) is 6.61 Å². The van der Waals surface area contributed by atoms with Gasteiger partial charge in [0.15, 0.2) is 0 Å². The Kier molecular flexibility index (Phi) is 6.32. The molecule has 0 amide bonds. The lowest BCUT2D eigenvalue weighted by Gasteiger charge is -2.24. The van der Waals surface area contributed by atoms with E-state index in [4.69, 9.17) is 9.72 Å². The second-order valence-electron chi connectivity index (χ2n) is 9.77. The van der Waals surface area contributed by atoms with Crippen molar-refractivity contribution in [1.82, 2.24) is 9.97 Å². The summed E-state index contributed by atoms with van der Waals surface area (Å²) in [5.41, 5.74) is 6.69. The molecule has 2 aliphatic heterocycles. The molecule has 5 rings (SSSR count). The van der Waals surface area contributed by atoms with Crippen LogP contribution in [-0.4, -0.2) is 41.4 Å². The number of ether oxygens (including phenoxy) is 1. The Balaban J connectivity index is 1.48. The van der Waals surface area contributed by atoms with Crippen molar-refractivity contribution in [3.8, 4) is 23.4 Å². The fraction of sp³-hybridized carbons (Fsp3) is 0.357. The van der Waals surface area contributed by atoms with Gasteiger partial charge >= 0.3 is 0 Å². The van der Waals surface area contributed by atoms with E-state index in [1.807, 2.05) is 32.0 Å². The summed E-state index contributed by atoms with van der Waals surface area (Å²) < 4.78 is 5.49. The highest BCUT2D eigenvalue weighted by molar-refractivity contribution is 5.76. The van der Waals surface area contributed by atoms with Gasteiger partial charge in [-0.1, -0.05) is 13.0 Å². The van der Waals surface area contributed by atoms with Crippen LogP contribution < -0.4 is 10.6 Å². The third kappa shape index (κ3) is 4.26. The molecular formula is C28H28N6O2. The minimum Gasteiger partial charge on any atom is -0.395 e. The Morgan fingerprint density at radius 3 is 2.67 bits per heavy atom. The Bertz CT molecular complexity index is 1400. The van der Waals surface area contributed by atoms with Gasteiger partial charge in [0.1, 0.15) is 6.07 Å². The molecule has 0 unspecified atom stereocenters. The van der Waals surface area contributed by atoms with E-state index in [1.165, 1.54) is 0 Å². The monoisotopic (exact) mass is 480 g/mol. The number of hydrogen-bond donors (Lipinski definition) is 3. The van der Waals surface area contributed by atoms with E-state index in [1.54, 1.807) is 12.3 Å². The Morgan fingerprint density at radius 1 is 1.17 bits per heavy atom. The number of nitrogens with zero attached hydrogens (tertiary/aromatic N) is 4. The van der Waals surface area contributed by atoms with E-state index in [0.717, 1.165) is 59.7 Å². The molecule has 182 valence electrons. The van der Waals surface area contributed by atoms with Gasteiger partial charge in [-0.3, -0.25) is 0 Å². The molecule has 1 atom stereocenters. The first-order chi connectivity index (χ1) is 17.5. The minimum atomic E-state index is -0.470. The van der Waals surface area contributed by atoms with Crippen molar-refractivity contribution in [2.75, 3.05) is 37.0 Å². The smallest absolute Gasteiger partial charge is 0.227 e. The molecule has 0 bridgehead atoms. The Morgan fingerprint density at radius 2 is 1.94 bits per heavy atom. The van der Waals surface area contributed by atoms with Crippen molar-refractivity contribution in [2.24, 2.45) is 0 Å². The number of aliphatic hydroxyl groups is 1. The molecule has 1 aromatic heterocycles. The first-order valence-electron chi connectivity index (χ1n) is 12.1. The van der Waals surface area contributed by atoms with Gasteiger partial charge in [-0.15, -0.1) is 0 Å². The summed E-state index contributed by atoms with van der Waals surface area (Å²) in [5.74, 6) is 0.731. The number of nitriles is 2. The number of nitrogens with one attached hydrogen (secondary N) is 2. The van der Waals surface area contributed by atoms with Crippen molar-refractivity contribution in [3.05, 3.63) is 64.3 Å². The second kappa shape index (κ2) is 9.58. The summed E-state index contributed by atoms with van der Waals surface area (Å²) in [5, 5.41) is 36.1. The summed E-state index contributed by atoms with van der Waals surface area (Å²) in [4.78, 5) is 9.10. The topological polar surface area (TPSA) is 127 Å². The number of hydrogen-bond acceptors (Lipinski definition) is 8. The van der Waals surface area contributed by atoms with Gasteiger partial charge in [-0.05, 0) is 66.6 Å². The van der Waals surface area contributed by atoms with Crippen molar-refractivity contribution in [3.63, 3.8) is 0 Å². The van der Waals surface area contributed by atoms with E-state index in [2.05, 4.69) is 33.8 Å². The molecule has 3 N–H and O–H groups in total. The molecule has 3 aromatic rings. The number of aromatic nitrogens is 2. The van der Waals surface area contributed by atoms with Crippen LogP contribution in [0.5, 0.6) is 0 Å². The third-order valence-corrected chi connectivity index (χ3v) is 7.29. The molecule has 0 aliphatic carbocycles. The molecule has 3 heterocycles. The van der Waals surface area contributed by atoms with Gasteiger partial charge in [0.25, 0.3) is 0 Å². The highest BCUT2D eigenvalue weighted by Gasteiger charge is 2.36. The maximum atomic E-state index is 9.99. The first-order valence-corrected chi connectivity index (χ1v) is 12.1. The molecule has 2 aliphatic rings. The van der Waals surface area contributed by atoms with Gasteiger partial charge in [-0.2, -0.15) is 10.5 Å². The molecule has 1 fully saturated rings. The maximum absolute atomic E-state index is 9.99. The van der Waals surface area contributed by atoms with Crippen LogP contribution in [0.4, 0.5) is 17.3 Å². The number of rotatable bonds is 5. The summed E-state index contributed by atoms with van der Waals surface area (Å²) in [6.45, 7) is 5.97. The summed E-state index contributed by atoms with van der Waals surface area (Å²) in [6.07, 6.45) is 3.51. The quantitative estimate of drug-likeness (QED) is 0.487. The molecule has 1 saturated heterocycles. The van der Waals surface area contributed by atoms with E-state index in [9.17, 15) is 15.6 Å². The summed E-state index contributed by atoms with van der Waals surface area (Å²) in [6, 6.07) is 14.2. The van der Waals surface area contributed by atoms with Gasteiger partial charge < -0.3 is 20.5 Å². The van der Waals surface area contributed by atoms with Crippen LogP contribution in [0.3, 0.4) is 0 Å². The zero-order valence-electron chi connectivity index (χ0n) is 20.4. The van der Waals surface area contributed by atoms with Crippen molar-refractivity contribution in [1.29, 1.82) is 10.5 Å². The molecule has 0 radical (unpaired) electrons. The fourth-order valence-corrected chi connectivity index (χ4v) is 5.07. The van der Waals surface area contributed by atoms with Crippen molar-refractivity contribution in [2.45, 2.75) is 38.0 Å². The lowest BCUT2D eigenvalue weighted by atomic mass is 9.83. The number of aliphatic hydroxyl groups excluding tert-OH is 1. The SMILES string of the molecule is Cc1cc(C2CCOCC2)c(C#N)cc1Nc1nccc(-c2cc(C#N)c3c(c2)[C@@](C)(CO)CN3)n1. The Hall–Kier alpha value is -3.98. The minimum absolute atomic E-state index is 0.0255. The van der Waals surface area contributed by atoms with Gasteiger partial charge in [0.2, 0.25) is 5.95 Å². The fourth-order valence-electron chi connectivity index (χ4n) is 5.07. The highest BCUT2D eigenvalue weighted by Crippen LogP contribution is 2.41. The first kappa shape index (κ1) is 23.7. The average Bonchev–Trinajstić information content (AvgIpc) is 3.26. The molecular weight excluding hydrogens is 452 g/mol. The van der Waals surface area contributed by atoms with Gasteiger partial charge in [0.05, 0.1) is 35.2 Å². The average molecular weight is 481 g/mol. The van der Waals surface area contributed by atoms with E-state index >= 15 is 0 Å². The highest BCUT2D eigenvalue weighted by atomic mass is 16.5. The molecule has 8 nitrogen and oxygen atoms in total. The molecule has 0 saturated carbocycles.